The van der Waals surface area contributed by atoms with E-state index in [1.165, 1.54) is 0 Å². The average Bonchev–Trinajstić information content (AvgIpc) is 2.98. The Balaban J connectivity index is 1.68. The Hall–Kier alpha value is -2.88. The van der Waals surface area contributed by atoms with E-state index in [1.807, 2.05) is 24.3 Å². The molecule has 0 bridgehead atoms. The second-order valence-electron chi connectivity index (χ2n) is 5.94. The number of Topliss-reactive ketones (excluding diaryl/α,β-unsaturated/α-hetero) is 2. The Morgan fingerprint density at radius 1 is 0.870 bits per heavy atom. The van der Waals surface area contributed by atoms with Crippen molar-refractivity contribution in [1.82, 2.24) is 0 Å². The minimum atomic E-state index is -0.444. The molecule has 0 fully saturated rings. The first-order chi connectivity index (χ1) is 11.3. The van der Waals surface area contributed by atoms with Crippen LogP contribution < -0.4 is 4.74 Å². The van der Waals surface area contributed by atoms with Crippen LogP contribution in [-0.2, 0) is 4.74 Å². The van der Waals surface area contributed by atoms with Gasteiger partial charge in [0.25, 0.3) is 0 Å². The lowest BCUT2D eigenvalue weighted by molar-refractivity contribution is 0.0697. The normalized spacial score (nSPS) is 24.2. The second kappa shape index (κ2) is 4.32. The quantitative estimate of drug-likeness (QED) is 0.751. The number of allylic oxidation sites excluding steroid dienone is 1. The van der Waals surface area contributed by atoms with E-state index in [-0.39, 0.29) is 23.2 Å². The van der Waals surface area contributed by atoms with E-state index >= 15 is 0 Å². The molecular formula is C19H12O4. The molecule has 2 unspecified atom stereocenters. The zero-order valence-electron chi connectivity index (χ0n) is 12.1. The highest BCUT2D eigenvalue weighted by molar-refractivity contribution is 6.26. The maximum absolute atomic E-state index is 12.9. The number of hydrogen-bond acceptors (Lipinski definition) is 4. The Labute approximate surface area is 132 Å². The summed E-state index contributed by atoms with van der Waals surface area (Å²) in [6.07, 6.45) is -0.444. The summed E-state index contributed by atoms with van der Waals surface area (Å²) in [5.74, 6) is 0.472. The molecule has 0 amide bonds. The number of benzene rings is 2. The maximum Gasteiger partial charge on any atom is 0.228 e. The first-order valence-electron chi connectivity index (χ1n) is 7.56. The fourth-order valence-electron chi connectivity index (χ4n) is 3.66. The molecule has 2 aromatic carbocycles. The van der Waals surface area contributed by atoms with Gasteiger partial charge in [-0.2, -0.15) is 0 Å². The smallest absolute Gasteiger partial charge is 0.228 e. The molecule has 3 aliphatic rings. The lowest BCUT2D eigenvalue weighted by Gasteiger charge is -2.31. The maximum atomic E-state index is 12.9. The molecule has 0 aromatic heterocycles. The van der Waals surface area contributed by atoms with Crippen LogP contribution in [0.25, 0.3) is 0 Å². The van der Waals surface area contributed by atoms with Gasteiger partial charge in [0, 0.05) is 16.7 Å². The number of ether oxygens (including phenoxy) is 2. The van der Waals surface area contributed by atoms with Gasteiger partial charge in [-0.05, 0) is 6.07 Å². The molecule has 5 rings (SSSR count). The molecule has 112 valence electrons. The van der Waals surface area contributed by atoms with E-state index in [4.69, 9.17) is 9.47 Å². The Kier molecular flexibility index (Phi) is 2.37. The van der Waals surface area contributed by atoms with Crippen molar-refractivity contribution in [3.8, 4) is 5.75 Å². The van der Waals surface area contributed by atoms with Crippen LogP contribution in [0.4, 0.5) is 0 Å². The zero-order valence-corrected chi connectivity index (χ0v) is 12.1. The van der Waals surface area contributed by atoms with E-state index < -0.39 is 6.10 Å². The van der Waals surface area contributed by atoms with Crippen molar-refractivity contribution in [3.05, 3.63) is 76.6 Å². The number of ketones is 2. The molecule has 0 N–H and O–H groups in total. The fourth-order valence-corrected chi connectivity index (χ4v) is 3.66. The van der Waals surface area contributed by atoms with E-state index in [9.17, 15) is 9.59 Å². The Bertz CT molecular complexity index is 909. The van der Waals surface area contributed by atoms with Crippen LogP contribution in [0, 0.1) is 0 Å². The van der Waals surface area contributed by atoms with Crippen molar-refractivity contribution >= 4 is 11.6 Å². The summed E-state index contributed by atoms with van der Waals surface area (Å²) in [6, 6.07) is 14.6. The molecule has 2 heterocycles. The number of carbonyl (C=O) groups is 2. The van der Waals surface area contributed by atoms with Crippen LogP contribution in [0.1, 0.15) is 32.2 Å². The van der Waals surface area contributed by atoms with Crippen molar-refractivity contribution in [2.24, 2.45) is 0 Å². The van der Waals surface area contributed by atoms with Crippen LogP contribution in [-0.4, -0.2) is 24.3 Å². The summed E-state index contributed by atoms with van der Waals surface area (Å²) in [4.78, 5) is 25.6. The molecule has 0 saturated heterocycles. The van der Waals surface area contributed by atoms with Gasteiger partial charge in [-0.25, -0.2) is 0 Å². The highest BCUT2D eigenvalue weighted by Crippen LogP contribution is 2.46. The average molecular weight is 304 g/mol. The summed E-state index contributed by atoms with van der Waals surface area (Å²) in [7, 11) is 0. The predicted molar refractivity (Wildman–Crippen MR) is 81.7 cm³/mol. The largest absolute Gasteiger partial charge is 0.488 e. The van der Waals surface area contributed by atoms with Gasteiger partial charge in [0.05, 0.1) is 18.1 Å². The predicted octanol–water partition coefficient (Wildman–Crippen LogP) is 2.89. The summed E-state index contributed by atoms with van der Waals surface area (Å²) in [5, 5.41) is 0. The standard InChI is InChI=1S/C19H12O4/c20-16-11-6-1-2-7-12(11)17(21)19-15(16)18-13(9-22-19)10-5-3-4-8-14(10)23-18/h1-8,13,18H,9H2. The van der Waals surface area contributed by atoms with Crippen molar-refractivity contribution in [3.63, 3.8) is 0 Å². The molecule has 0 radical (unpaired) electrons. The molecule has 0 saturated carbocycles. The molecule has 2 atom stereocenters. The minimum absolute atomic E-state index is 0.0491. The summed E-state index contributed by atoms with van der Waals surface area (Å²) in [6.45, 7) is 0.349. The summed E-state index contributed by atoms with van der Waals surface area (Å²) >= 11 is 0. The van der Waals surface area contributed by atoms with E-state index in [0.717, 1.165) is 11.3 Å². The third-order valence-electron chi connectivity index (χ3n) is 4.74. The molecule has 1 aliphatic carbocycles. The monoisotopic (exact) mass is 304 g/mol. The Morgan fingerprint density at radius 2 is 1.57 bits per heavy atom. The fraction of sp³-hybridized carbons (Fsp3) is 0.158. The van der Waals surface area contributed by atoms with Gasteiger partial charge in [-0.1, -0.05) is 42.5 Å². The van der Waals surface area contributed by atoms with Crippen molar-refractivity contribution < 1.29 is 19.1 Å². The first-order valence-corrected chi connectivity index (χ1v) is 7.56. The van der Waals surface area contributed by atoms with Gasteiger partial charge in [0.2, 0.25) is 5.78 Å². The zero-order chi connectivity index (χ0) is 15.6. The van der Waals surface area contributed by atoms with Crippen molar-refractivity contribution in [2.45, 2.75) is 12.0 Å². The van der Waals surface area contributed by atoms with Crippen LogP contribution in [0.2, 0.25) is 0 Å². The highest BCUT2D eigenvalue weighted by atomic mass is 16.5. The van der Waals surface area contributed by atoms with Gasteiger partial charge in [-0.15, -0.1) is 0 Å². The van der Waals surface area contributed by atoms with Gasteiger partial charge < -0.3 is 9.47 Å². The van der Waals surface area contributed by atoms with Gasteiger partial charge in [-0.3, -0.25) is 9.59 Å². The van der Waals surface area contributed by atoms with Crippen LogP contribution in [0.5, 0.6) is 5.75 Å². The molecule has 0 spiro atoms. The van der Waals surface area contributed by atoms with Crippen molar-refractivity contribution in [2.75, 3.05) is 6.61 Å². The van der Waals surface area contributed by atoms with E-state index in [1.54, 1.807) is 24.3 Å². The molecule has 23 heavy (non-hydrogen) atoms. The van der Waals surface area contributed by atoms with E-state index in [0.29, 0.717) is 23.3 Å². The minimum Gasteiger partial charge on any atom is -0.488 e. The molecule has 4 heteroatoms. The van der Waals surface area contributed by atoms with Crippen LogP contribution in [0.3, 0.4) is 0 Å². The lowest BCUT2D eigenvalue weighted by Crippen LogP contribution is -2.39. The SMILES string of the molecule is O=C1C2=C(C(=O)c3ccccc31)C1Oc3ccccc3C1CO2. The molecule has 4 nitrogen and oxygen atoms in total. The van der Waals surface area contributed by atoms with Gasteiger partial charge in [0.15, 0.2) is 11.5 Å². The van der Waals surface area contributed by atoms with Crippen LogP contribution in [0.15, 0.2) is 59.9 Å². The number of rotatable bonds is 0. The summed E-state index contributed by atoms with van der Waals surface area (Å²) < 4.78 is 11.7. The Morgan fingerprint density at radius 3 is 2.39 bits per heavy atom. The van der Waals surface area contributed by atoms with Crippen LogP contribution >= 0.6 is 0 Å². The summed E-state index contributed by atoms with van der Waals surface area (Å²) in [5.41, 5.74) is 2.23. The highest BCUT2D eigenvalue weighted by Gasteiger charge is 2.48. The molecular weight excluding hydrogens is 292 g/mol. The van der Waals surface area contributed by atoms with Gasteiger partial charge >= 0.3 is 0 Å². The number of carbonyl (C=O) groups excluding carboxylic acids is 2. The number of para-hydroxylation sites is 1. The third-order valence-corrected chi connectivity index (χ3v) is 4.74. The second-order valence-corrected chi connectivity index (χ2v) is 5.94. The van der Waals surface area contributed by atoms with Crippen molar-refractivity contribution in [1.29, 1.82) is 0 Å². The number of fused-ring (bicyclic) bond motifs is 5. The molecule has 2 aromatic rings. The lowest BCUT2D eigenvalue weighted by atomic mass is 9.80. The van der Waals surface area contributed by atoms with Gasteiger partial charge in [0.1, 0.15) is 11.9 Å². The van der Waals surface area contributed by atoms with E-state index in [2.05, 4.69) is 0 Å². The third kappa shape index (κ3) is 1.55. The number of hydrogen-bond donors (Lipinski definition) is 0. The molecule has 2 aliphatic heterocycles. The first kappa shape index (κ1) is 12.6. The topological polar surface area (TPSA) is 52.6 Å².